The molecule has 1 amide bonds. The second-order valence-corrected chi connectivity index (χ2v) is 5.48. The minimum Gasteiger partial charge on any atom is -0.455 e. The van der Waals surface area contributed by atoms with Gasteiger partial charge in [-0.25, -0.2) is 5.43 Å². The van der Waals surface area contributed by atoms with Gasteiger partial charge < -0.3 is 4.42 Å². The van der Waals surface area contributed by atoms with Crippen LogP contribution in [0.4, 0.5) is 0 Å². The van der Waals surface area contributed by atoms with Crippen LogP contribution in [0.5, 0.6) is 0 Å². The first kappa shape index (κ1) is 16.5. The van der Waals surface area contributed by atoms with E-state index in [4.69, 9.17) is 21.3 Å². The highest BCUT2D eigenvalue weighted by atomic mass is 35.5. The minimum absolute atomic E-state index is 0.346. The molecule has 3 aromatic rings. The number of hydrogen-bond donors (Lipinski definition) is 1. The van der Waals surface area contributed by atoms with Crippen molar-refractivity contribution >= 4 is 23.7 Å². The molecule has 1 N–H and O–H groups in total. The van der Waals surface area contributed by atoms with E-state index in [1.54, 1.807) is 60.7 Å². The first-order valence-corrected chi connectivity index (χ1v) is 7.73. The van der Waals surface area contributed by atoms with Crippen LogP contribution in [-0.4, -0.2) is 12.1 Å². The van der Waals surface area contributed by atoms with Crippen molar-refractivity contribution in [1.82, 2.24) is 5.43 Å². The molecule has 0 saturated carbocycles. The van der Waals surface area contributed by atoms with Crippen molar-refractivity contribution in [2.24, 2.45) is 5.10 Å². The SMILES string of the molecule is N#Cc1ccc(-c2ccc(/C=N/NC(=O)c3ccccc3Cl)o2)cc1. The maximum atomic E-state index is 12.0. The van der Waals surface area contributed by atoms with Crippen molar-refractivity contribution in [3.8, 4) is 17.4 Å². The molecular weight excluding hydrogens is 338 g/mol. The number of halogens is 1. The number of furan rings is 1. The Morgan fingerprint density at radius 2 is 1.88 bits per heavy atom. The van der Waals surface area contributed by atoms with Gasteiger partial charge in [0.05, 0.1) is 28.4 Å². The van der Waals surface area contributed by atoms with Crippen molar-refractivity contribution in [2.45, 2.75) is 0 Å². The van der Waals surface area contributed by atoms with Crippen molar-refractivity contribution in [1.29, 1.82) is 5.26 Å². The molecule has 0 unspecified atom stereocenters. The summed E-state index contributed by atoms with van der Waals surface area (Å²) in [5, 5.41) is 13.0. The summed E-state index contributed by atoms with van der Waals surface area (Å²) >= 11 is 5.96. The second kappa shape index (κ2) is 7.47. The quantitative estimate of drug-likeness (QED) is 0.565. The van der Waals surface area contributed by atoms with Crippen molar-refractivity contribution in [2.75, 3.05) is 0 Å². The van der Waals surface area contributed by atoms with E-state index in [1.165, 1.54) is 6.21 Å². The number of amides is 1. The Bertz CT molecular complexity index is 969. The molecule has 6 heteroatoms. The Balaban J connectivity index is 1.67. The van der Waals surface area contributed by atoms with Crippen LogP contribution >= 0.6 is 11.6 Å². The molecule has 1 heterocycles. The molecule has 0 fully saturated rings. The Morgan fingerprint density at radius 3 is 2.60 bits per heavy atom. The molecule has 0 spiro atoms. The molecule has 25 heavy (non-hydrogen) atoms. The average Bonchev–Trinajstić information content (AvgIpc) is 3.11. The lowest BCUT2D eigenvalue weighted by atomic mass is 10.1. The van der Waals surface area contributed by atoms with Gasteiger partial charge in [0.25, 0.3) is 5.91 Å². The topological polar surface area (TPSA) is 78.4 Å². The number of carbonyl (C=O) groups excluding carboxylic acids is 1. The lowest BCUT2D eigenvalue weighted by molar-refractivity contribution is 0.0955. The van der Waals surface area contributed by atoms with Crippen LogP contribution in [0.3, 0.4) is 0 Å². The van der Waals surface area contributed by atoms with E-state index in [1.807, 2.05) is 0 Å². The van der Waals surface area contributed by atoms with Crippen LogP contribution in [0.25, 0.3) is 11.3 Å². The molecule has 122 valence electrons. The van der Waals surface area contributed by atoms with Gasteiger partial charge in [0.1, 0.15) is 11.5 Å². The van der Waals surface area contributed by atoms with Gasteiger partial charge >= 0.3 is 0 Å². The van der Waals surface area contributed by atoms with Gasteiger partial charge in [0.15, 0.2) is 0 Å². The molecule has 0 bridgehead atoms. The molecule has 0 aliphatic rings. The van der Waals surface area contributed by atoms with E-state index in [0.29, 0.717) is 27.7 Å². The third-order valence-corrected chi connectivity index (χ3v) is 3.73. The number of rotatable bonds is 4. The fraction of sp³-hybridized carbons (Fsp3) is 0. The number of nitrogens with zero attached hydrogens (tertiary/aromatic N) is 2. The van der Waals surface area contributed by atoms with Gasteiger partial charge in [-0.05, 0) is 48.5 Å². The van der Waals surface area contributed by atoms with Gasteiger partial charge in [-0.15, -0.1) is 0 Å². The smallest absolute Gasteiger partial charge is 0.272 e. The zero-order chi connectivity index (χ0) is 17.6. The third kappa shape index (κ3) is 3.94. The molecule has 0 radical (unpaired) electrons. The third-order valence-electron chi connectivity index (χ3n) is 3.40. The van der Waals surface area contributed by atoms with Gasteiger partial charge in [-0.1, -0.05) is 23.7 Å². The monoisotopic (exact) mass is 349 g/mol. The number of nitriles is 1. The van der Waals surface area contributed by atoms with Crippen LogP contribution in [0, 0.1) is 11.3 Å². The Hall–Kier alpha value is -3.36. The van der Waals surface area contributed by atoms with Crippen LogP contribution in [0.2, 0.25) is 5.02 Å². The average molecular weight is 350 g/mol. The predicted octanol–water partition coefficient (Wildman–Crippen LogP) is 4.24. The number of carbonyl (C=O) groups is 1. The second-order valence-electron chi connectivity index (χ2n) is 5.07. The van der Waals surface area contributed by atoms with Crippen LogP contribution in [-0.2, 0) is 0 Å². The lowest BCUT2D eigenvalue weighted by Crippen LogP contribution is -2.17. The van der Waals surface area contributed by atoms with E-state index in [0.717, 1.165) is 5.56 Å². The van der Waals surface area contributed by atoms with E-state index in [-0.39, 0.29) is 0 Å². The Morgan fingerprint density at radius 1 is 1.12 bits per heavy atom. The molecule has 1 aromatic heterocycles. The molecule has 0 aliphatic heterocycles. The van der Waals surface area contributed by atoms with E-state index in [9.17, 15) is 4.79 Å². The molecule has 3 rings (SSSR count). The Kier molecular flexibility index (Phi) is 4.93. The summed E-state index contributed by atoms with van der Waals surface area (Å²) in [5.41, 5.74) is 4.18. The van der Waals surface area contributed by atoms with Gasteiger partial charge in [0.2, 0.25) is 0 Å². The molecule has 0 atom stereocenters. The highest BCUT2D eigenvalue weighted by Gasteiger charge is 2.08. The summed E-state index contributed by atoms with van der Waals surface area (Å²) in [7, 11) is 0. The summed E-state index contributed by atoms with van der Waals surface area (Å²) in [6.07, 6.45) is 1.40. The summed E-state index contributed by atoms with van der Waals surface area (Å²) in [5.74, 6) is 0.725. The van der Waals surface area contributed by atoms with Crippen LogP contribution < -0.4 is 5.43 Å². The fourth-order valence-electron chi connectivity index (χ4n) is 2.15. The van der Waals surface area contributed by atoms with E-state index in [2.05, 4.69) is 16.6 Å². The first-order valence-electron chi connectivity index (χ1n) is 7.35. The fourth-order valence-corrected chi connectivity index (χ4v) is 2.37. The number of benzene rings is 2. The zero-order valence-corrected chi connectivity index (χ0v) is 13.7. The standard InChI is InChI=1S/C19H12ClN3O2/c20-17-4-2-1-3-16(17)19(24)23-22-12-15-9-10-18(25-15)14-7-5-13(11-21)6-8-14/h1-10,12H,(H,23,24)/b22-12+. The van der Waals surface area contributed by atoms with E-state index < -0.39 is 5.91 Å². The number of nitrogens with one attached hydrogen (secondary N) is 1. The molecular formula is C19H12ClN3O2. The number of hydrazone groups is 1. The summed E-state index contributed by atoms with van der Waals surface area (Å²) in [6, 6.07) is 19.4. The highest BCUT2D eigenvalue weighted by molar-refractivity contribution is 6.33. The normalized spacial score (nSPS) is 10.6. The summed E-state index contributed by atoms with van der Waals surface area (Å²) < 4.78 is 5.64. The molecule has 0 saturated heterocycles. The molecule has 0 aliphatic carbocycles. The minimum atomic E-state index is -0.402. The van der Waals surface area contributed by atoms with Gasteiger partial charge in [-0.2, -0.15) is 10.4 Å². The van der Waals surface area contributed by atoms with Crippen molar-refractivity contribution in [3.05, 3.63) is 82.6 Å². The summed E-state index contributed by atoms with van der Waals surface area (Å²) in [4.78, 5) is 12.0. The van der Waals surface area contributed by atoms with E-state index >= 15 is 0 Å². The maximum absolute atomic E-state index is 12.0. The summed E-state index contributed by atoms with van der Waals surface area (Å²) in [6.45, 7) is 0. The van der Waals surface area contributed by atoms with Crippen molar-refractivity contribution in [3.63, 3.8) is 0 Å². The van der Waals surface area contributed by atoms with Crippen LogP contribution in [0.1, 0.15) is 21.7 Å². The van der Waals surface area contributed by atoms with Crippen molar-refractivity contribution < 1.29 is 9.21 Å². The molecule has 2 aromatic carbocycles. The van der Waals surface area contributed by atoms with Gasteiger partial charge in [0, 0.05) is 5.56 Å². The zero-order valence-electron chi connectivity index (χ0n) is 12.9. The lowest BCUT2D eigenvalue weighted by Gasteiger charge is -2.01. The van der Waals surface area contributed by atoms with Crippen LogP contribution in [0.15, 0.2) is 70.2 Å². The largest absolute Gasteiger partial charge is 0.455 e. The maximum Gasteiger partial charge on any atom is 0.272 e. The number of hydrogen-bond acceptors (Lipinski definition) is 4. The van der Waals surface area contributed by atoms with Gasteiger partial charge in [-0.3, -0.25) is 4.79 Å². The molecule has 5 nitrogen and oxygen atoms in total. The predicted molar refractivity (Wildman–Crippen MR) is 95.4 cm³/mol. The first-order chi connectivity index (χ1) is 12.2. The highest BCUT2D eigenvalue weighted by Crippen LogP contribution is 2.22. The Labute approximate surface area is 149 Å².